The van der Waals surface area contributed by atoms with Crippen LogP contribution >= 0.6 is 15.9 Å². The lowest BCUT2D eigenvalue weighted by Gasteiger charge is -2.13. The van der Waals surface area contributed by atoms with E-state index in [2.05, 4.69) is 45.5 Å². The monoisotopic (exact) mass is 341 g/mol. The molecule has 0 radical (unpaired) electrons. The Bertz CT molecular complexity index is 712. The maximum Gasteiger partial charge on any atom is 0.228 e. The first kappa shape index (κ1) is 13.1. The van der Waals surface area contributed by atoms with Gasteiger partial charge in [0.05, 0.1) is 0 Å². The Labute approximate surface area is 132 Å². The normalized spacial score (nSPS) is 25.7. The van der Waals surface area contributed by atoms with Crippen LogP contribution in [0.5, 0.6) is 0 Å². The number of amides is 1. The Morgan fingerprint density at radius 2 is 2.00 bits per heavy atom. The van der Waals surface area contributed by atoms with E-state index in [9.17, 15) is 4.79 Å². The van der Waals surface area contributed by atoms with E-state index < -0.39 is 0 Å². The number of carbonyl (C=O) groups is 1. The second-order valence-corrected chi connectivity index (χ2v) is 6.87. The number of aryl methyl sites for hydroxylation is 1. The van der Waals surface area contributed by atoms with Gasteiger partial charge in [0.25, 0.3) is 0 Å². The molecule has 0 aliphatic heterocycles. The van der Waals surface area contributed by atoms with Gasteiger partial charge in [0.1, 0.15) is 0 Å². The fourth-order valence-electron chi connectivity index (χ4n) is 3.72. The van der Waals surface area contributed by atoms with Crippen LogP contribution in [0.15, 0.2) is 53.0 Å². The second-order valence-electron chi connectivity index (χ2n) is 5.95. The number of anilines is 1. The summed E-state index contributed by atoms with van der Waals surface area (Å²) in [6.07, 6.45) is 2.25. The molecule has 3 unspecified atom stereocenters. The molecule has 3 atom stereocenters. The molecule has 4 rings (SSSR count). The Balaban J connectivity index is 1.53. The van der Waals surface area contributed by atoms with Crippen molar-refractivity contribution in [1.82, 2.24) is 0 Å². The van der Waals surface area contributed by atoms with Gasteiger partial charge >= 0.3 is 0 Å². The van der Waals surface area contributed by atoms with E-state index in [1.807, 2.05) is 24.3 Å². The van der Waals surface area contributed by atoms with Crippen molar-refractivity contribution in [3.05, 3.63) is 64.1 Å². The lowest BCUT2D eigenvalue weighted by molar-refractivity contribution is -0.117. The zero-order valence-electron chi connectivity index (χ0n) is 11.6. The van der Waals surface area contributed by atoms with Crippen LogP contribution in [0.2, 0.25) is 0 Å². The topological polar surface area (TPSA) is 29.1 Å². The van der Waals surface area contributed by atoms with Crippen LogP contribution in [0.1, 0.15) is 23.5 Å². The van der Waals surface area contributed by atoms with Crippen LogP contribution in [-0.4, -0.2) is 5.91 Å². The predicted molar refractivity (Wildman–Crippen MR) is 87.3 cm³/mol. The maximum absolute atomic E-state index is 12.5. The van der Waals surface area contributed by atoms with Crippen LogP contribution < -0.4 is 5.32 Å². The predicted octanol–water partition coefficient (Wildman–Crippen LogP) is 4.36. The molecule has 2 aliphatic rings. The van der Waals surface area contributed by atoms with Crippen molar-refractivity contribution in [1.29, 1.82) is 0 Å². The van der Waals surface area contributed by atoms with Gasteiger partial charge in [-0.3, -0.25) is 4.79 Å². The van der Waals surface area contributed by atoms with Gasteiger partial charge in [-0.15, -0.1) is 0 Å². The zero-order chi connectivity index (χ0) is 14.4. The fourth-order valence-corrected chi connectivity index (χ4v) is 4.11. The molecule has 1 saturated carbocycles. The molecule has 2 nitrogen and oxygen atoms in total. The number of benzene rings is 2. The van der Waals surface area contributed by atoms with E-state index in [4.69, 9.17) is 0 Å². The molecule has 0 aromatic heterocycles. The van der Waals surface area contributed by atoms with Crippen molar-refractivity contribution in [2.75, 3.05) is 5.32 Å². The molecule has 1 fully saturated rings. The summed E-state index contributed by atoms with van der Waals surface area (Å²) in [7, 11) is 0. The average Bonchev–Trinajstić information content (AvgIpc) is 3.22. The molecule has 0 saturated heterocycles. The summed E-state index contributed by atoms with van der Waals surface area (Å²) in [6.45, 7) is 0. The molecule has 106 valence electrons. The molecule has 1 N–H and O–H groups in total. The highest BCUT2D eigenvalue weighted by molar-refractivity contribution is 9.10. The number of hydrogen-bond acceptors (Lipinski definition) is 1. The summed E-state index contributed by atoms with van der Waals surface area (Å²) in [6, 6.07) is 16.4. The Kier molecular flexibility index (Phi) is 3.11. The van der Waals surface area contributed by atoms with Gasteiger partial charge in [0, 0.05) is 16.1 Å². The van der Waals surface area contributed by atoms with Crippen LogP contribution in [-0.2, 0) is 11.2 Å². The van der Waals surface area contributed by atoms with Gasteiger partial charge < -0.3 is 5.32 Å². The third-order valence-electron chi connectivity index (χ3n) is 4.72. The Morgan fingerprint density at radius 3 is 2.86 bits per heavy atom. The van der Waals surface area contributed by atoms with Crippen molar-refractivity contribution in [2.24, 2.45) is 11.8 Å². The molecular formula is C18H16BrNO. The zero-order valence-corrected chi connectivity index (χ0v) is 13.1. The smallest absolute Gasteiger partial charge is 0.228 e. The first-order valence-corrected chi connectivity index (χ1v) is 8.17. The number of halogens is 1. The number of hydrogen-bond donors (Lipinski definition) is 1. The number of fused-ring (bicyclic) bond motifs is 3. The largest absolute Gasteiger partial charge is 0.326 e. The second kappa shape index (κ2) is 4.99. The van der Waals surface area contributed by atoms with Gasteiger partial charge in [-0.05, 0) is 54.0 Å². The Hall–Kier alpha value is -1.61. The van der Waals surface area contributed by atoms with Crippen LogP contribution in [0.25, 0.3) is 0 Å². The van der Waals surface area contributed by atoms with Gasteiger partial charge in [0.15, 0.2) is 0 Å². The third kappa shape index (κ3) is 2.30. The fraction of sp³-hybridized carbons (Fsp3) is 0.278. The van der Waals surface area contributed by atoms with E-state index in [0.717, 1.165) is 23.0 Å². The van der Waals surface area contributed by atoms with Crippen LogP contribution in [0.3, 0.4) is 0 Å². The summed E-state index contributed by atoms with van der Waals surface area (Å²) in [5.41, 5.74) is 3.69. The van der Waals surface area contributed by atoms with Crippen molar-refractivity contribution in [2.45, 2.75) is 18.8 Å². The molecule has 2 aromatic rings. The number of rotatable bonds is 2. The summed E-state index contributed by atoms with van der Waals surface area (Å²) < 4.78 is 0.985. The summed E-state index contributed by atoms with van der Waals surface area (Å²) in [5, 5.41) is 3.06. The van der Waals surface area contributed by atoms with Crippen molar-refractivity contribution >= 4 is 27.5 Å². The third-order valence-corrected chi connectivity index (χ3v) is 5.22. The molecule has 21 heavy (non-hydrogen) atoms. The van der Waals surface area contributed by atoms with Crippen molar-refractivity contribution < 1.29 is 4.79 Å². The highest BCUT2D eigenvalue weighted by Crippen LogP contribution is 2.60. The highest BCUT2D eigenvalue weighted by Gasteiger charge is 2.56. The van der Waals surface area contributed by atoms with E-state index in [-0.39, 0.29) is 11.8 Å². The molecule has 2 aliphatic carbocycles. The van der Waals surface area contributed by atoms with E-state index in [0.29, 0.717) is 11.8 Å². The molecule has 1 amide bonds. The number of carbonyl (C=O) groups excluding carboxylic acids is 1. The van der Waals surface area contributed by atoms with Gasteiger partial charge in [-0.2, -0.15) is 0 Å². The maximum atomic E-state index is 12.5. The summed E-state index contributed by atoms with van der Waals surface area (Å²) >= 11 is 3.44. The minimum absolute atomic E-state index is 0.146. The van der Waals surface area contributed by atoms with Crippen LogP contribution in [0.4, 0.5) is 5.69 Å². The molecule has 2 aromatic carbocycles. The molecule has 0 spiro atoms. The summed E-state index contributed by atoms with van der Waals surface area (Å²) in [5.74, 6) is 1.28. The minimum Gasteiger partial charge on any atom is -0.326 e. The molecule has 3 heteroatoms. The van der Waals surface area contributed by atoms with E-state index >= 15 is 0 Å². The van der Waals surface area contributed by atoms with Gasteiger partial charge in [-0.1, -0.05) is 46.3 Å². The van der Waals surface area contributed by atoms with Crippen LogP contribution in [0, 0.1) is 11.8 Å². The average molecular weight is 342 g/mol. The first-order valence-electron chi connectivity index (χ1n) is 7.38. The lowest BCUT2D eigenvalue weighted by Crippen LogP contribution is -2.15. The van der Waals surface area contributed by atoms with E-state index in [1.165, 1.54) is 11.1 Å². The SMILES string of the molecule is O=C(Nc1cccc(Br)c1)C1C2CCc3ccccc3C21. The van der Waals surface area contributed by atoms with Gasteiger partial charge in [-0.25, -0.2) is 0 Å². The molecule has 0 heterocycles. The summed E-state index contributed by atoms with van der Waals surface area (Å²) in [4.78, 5) is 12.5. The highest BCUT2D eigenvalue weighted by atomic mass is 79.9. The van der Waals surface area contributed by atoms with E-state index in [1.54, 1.807) is 0 Å². The Morgan fingerprint density at radius 1 is 1.14 bits per heavy atom. The van der Waals surface area contributed by atoms with Crippen molar-refractivity contribution in [3.8, 4) is 0 Å². The minimum atomic E-state index is 0.146. The molecular weight excluding hydrogens is 326 g/mol. The molecule has 0 bridgehead atoms. The van der Waals surface area contributed by atoms with Gasteiger partial charge in [0.2, 0.25) is 5.91 Å². The van der Waals surface area contributed by atoms with Crippen molar-refractivity contribution in [3.63, 3.8) is 0 Å². The first-order chi connectivity index (χ1) is 10.2. The standard InChI is InChI=1S/C18H16BrNO/c19-12-5-3-6-13(10-12)20-18(21)17-15-9-8-11-4-1-2-7-14(11)16(15)17/h1-7,10,15-17H,8-9H2,(H,20,21). The number of nitrogens with one attached hydrogen (secondary N) is 1. The quantitative estimate of drug-likeness (QED) is 0.863. The lowest BCUT2D eigenvalue weighted by atomic mass is 9.92.